The first-order valence-corrected chi connectivity index (χ1v) is 7.18. The fraction of sp³-hybridized carbons (Fsp3) is 0.353. The van der Waals surface area contributed by atoms with Gasteiger partial charge in [-0.1, -0.05) is 18.2 Å². The molecule has 1 N–H and O–H groups in total. The lowest BCUT2D eigenvalue weighted by molar-refractivity contribution is -0.121. The van der Waals surface area contributed by atoms with E-state index in [1.165, 1.54) is 5.56 Å². The molecular formula is C17H22N2O2. The van der Waals surface area contributed by atoms with Crippen molar-refractivity contribution in [1.82, 2.24) is 9.88 Å². The highest BCUT2D eigenvalue weighted by Crippen LogP contribution is 2.18. The molecular weight excluding hydrogens is 264 g/mol. The molecule has 0 spiro atoms. The number of aryl methyl sites for hydroxylation is 2. The highest BCUT2D eigenvalue weighted by Gasteiger charge is 2.06. The van der Waals surface area contributed by atoms with Crippen molar-refractivity contribution < 1.29 is 9.53 Å². The molecule has 0 saturated heterocycles. The second-order valence-electron chi connectivity index (χ2n) is 5.10. The van der Waals surface area contributed by atoms with E-state index in [1.54, 1.807) is 7.11 Å². The number of amides is 1. The summed E-state index contributed by atoms with van der Waals surface area (Å²) in [6, 6.07) is 9.88. The van der Waals surface area contributed by atoms with Gasteiger partial charge in [0, 0.05) is 32.4 Å². The molecule has 1 amide bonds. The van der Waals surface area contributed by atoms with Gasteiger partial charge in [0.25, 0.3) is 0 Å². The van der Waals surface area contributed by atoms with Crippen molar-refractivity contribution in [2.75, 3.05) is 13.7 Å². The van der Waals surface area contributed by atoms with Crippen LogP contribution in [0.15, 0.2) is 42.7 Å². The second kappa shape index (κ2) is 7.53. The number of methoxy groups -OCH3 is 1. The van der Waals surface area contributed by atoms with Crippen LogP contribution in [0.4, 0.5) is 0 Å². The Balaban J connectivity index is 1.72. The van der Waals surface area contributed by atoms with Gasteiger partial charge in [0.05, 0.1) is 7.11 Å². The Morgan fingerprint density at radius 2 is 2.05 bits per heavy atom. The highest BCUT2D eigenvalue weighted by atomic mass is 16.5. The normalized spacial score (nSPS) is 10.4. The maximum Gasteiger partial charge on any atom is 0.220 e. The quantitative estimate of drug-likeness (QED) is 0.849. The molecule has 0 fully saturated rings. The van der Waals surface area contributed by atoms with E-state index in [4.69, 9.17) is 4.74 Å². The van der Waals surface area contributed by atoms with Crippen molar-refractivity contribution in [3.63, 3.8) is 0 Å². The number of rotatable bonds is 7. The van der Waals surface area contributed by atoms with Crippen LogP contribution in [0.2, 0.25) is 0 Å². The maximum absolute atomic E-state index is 11.9. The standard InChI is InChI=1S/C17H22N2O2/c1-19-12-10-14(13-19)9-11-18-17(20)8-7-15-5-3-4-6-16(15)21-2/h3-6,10,12-13H,7-9,11H2,1-2H3,(H,18,20). The van der Waals surface area contributed by atoms with E-state index in [0.717, 1.165) is 17.7 Å². The Morgan fingerprint density at radius 3 is 2.76 bits per heavy atom. The first kappa shape index (κ1) is 15.2. The number of nitrogens with zero attached hydrogens (tertiary/aromatic N) is 1. The van der Waals surface area contributed by atoms with E-state index in [2.05, 4.69) is 17.6 Å². The summed E-state index contributed by atoms with van der Waals surface area (Å²) in [4.78, 5) is 11.9. The topological polar surface area (TPSA) is 43.3 Å². The SMILES string of the molecule is COc1ccccc1CCC(=O)NCCc1ccn(C)c1. The summed E-state index contributed by atoms with van der Waals surface area (Å²) in [5, 5.41) is 2.96. The molecule has 0 atom stereocenters. The molecule has 1 aromatic heterocycles. The summed E-state index contributed by atoms with van der Waals surface area (Å²) in [5.41, 5.74) is 2.31. The zero-order valence-corrected chi connectivity index (χ0v) is 12.6. The predicted molar refractivity (Wildman–Crippen MR) is 83.4 cm³/mol. The van der Waals surface area contributed by atoms with E-state index >= 15 is 0 Å². The van der Waals surface area contributed by atoms with Gasteiger partial charge < -0.3 is 14.6 Å². The zero-order valence-electron chi connectivity index (χ0n) is 12.6. The van der Waals surface area contributed by atoms with E-state index in [-0.39, 0.29) is 5.91 Å². The van der Waals surface area contributed by atoms with Gasteiger partial charge in [-0.05, 0) is 36.1 Å². The summed E-state index contributed by atoms with van der Waals surface area (Å²) in [7, 11) is 3.65. The lowest BCUT2D eigenvalue weighted by Gasteiger charge is -2.08. The van der Waals surface area contributed by atoms with Gasteiger partial charge in [0.1, 0.15) is 5.75 Å². The van der Waals surface area contributed by atoms with E-state index in [1.807, 2.05) is 42.1 Å². The minimum Gasteiger partial charge on any atom is -0.496 e. The fourth-order valence-electron chi connectivity index (χ4n) is 2.30. The number of nitrogens with one attached hydrogen (secondary N) is 1. The highest BCUT2D eigenvalue weighted by molar-refractivity contribution is 5.76. The summed E-state index contributed by atoms with van der Waals surface area (Å²) < 4.78 is 7.30. The van der Waals surface area contributed by atoms with Gasteiger partial charge in [-0.2, -0.15) is 0 Å². The Kier molecular flexibility index (Phi) is 5.43. The molecule has 0 aliphatic carbocycles. The second-order valence-corrected chi connectivity index (χ2v) is 5.10. The van der Waals surface area contributed by atoms with Crippen LogP contribution >= 0.6 is 0 Å². The summed E-state index contributed by atoms with van der Waals surface area (Å²) in [5.74, 6) is 0.923. The molecule has 0 unspecified atom stereocenters. The fourth-order valence-corrected chi connectivity index (χ4v) is 2.30. The number of para-hydroxylation sites is 1. The number of benzene rings is 1. The van der Waals surface area contributed by atoms with Crippen LogP contribution in [0.1, 0.15) is 17.5 Å². The smallest absolute Gasteiger partial charge is 0.220 e. The molecule has 0 aliphatic rings. The third kappa shape index (κ3) is 4.67. The molecule has 4 heteroatoms. The zero-order chi connectivity index (χ0) is 15.1. The molecule has 2 rings (SSSR count). The van der Waals surface area contributed by atoms with Crippen LogP contribution in [-0.4, -0.2) is 24.1 Å². The monoisotopic (exact) mass is 286 g/mol. The molecule has 21 heavy (non-hydrogen) atoms. The first-order valence-electron chi connectivity index (χ1n) is 7.18. The molecule has 112 valence electrons. The number of hydrogen-bond donors (Lipinski definition) is 1. The number of carbonyl (C=O) groups is 1. The van der Waals surface area contributed by atoms with Gasteiger partial charge in [-0.15, -0.1) is 0 Å². The van der Waals surface area contributed by atoms with Crippen molar-refractivity contribution in [3.05, 3.63) is 53.9 Å². The maximum atomic E-state index is 11.9. The number of ether oxygens (including phenoxy) is 1. The van der Waals surface area contributed by atoms with Crippen molar-refractivity contribution in [1.29, 1.82) is 0 Å². The molecule has 0 bridgehead atoms. The average Bonchev–Trinajstić information content (AvgIpc) is 2.91. The Bertz CT molecular complexity index is 590. The van der Waals surface area contributed by atoms with Gasteiger partial charge in [0.2, 0.25) is 5.91 Å². The molecule has 1 aromatic carbocycles. The molecule has 0 aliphatic heterocycles. The van der Waals surface area contributed by atoms with E-state index in [0.29, 0.717) is 19.4 Å². The minimum absolute atomic E-state index is 0.0804. The van der Waals surface area contributed by atoms with Crippen LogP contribution in [0.5, 0.6) is 5.75 Å². The van der Waals surface area contributed by atoms with Gasteiger partial charge in [-0.25, -0.2) is 0 Å². The lowest BCUT2D eigenvalue weighted by atomic mass is 10.1. The van der Waals surface area contributed by atoms with Crippen LogP contribution in [0, 0.1) is 0 Å². The summed E-state index contributed by atoms with van der Waals surface area (Å²) in [6.07, 6.45) is 6.12. The Labute approximate surface area is 125 Å². The van der Waals surface area contributed by atoms with Gasteiger partial charge in [-0.3, -0.25) is 4.79 Å². The minimum atomic E-state index is 0.0804. The largest absolute Gasteiger partial charge is 0.496 e. The van der Waals surface area contributed by atoms with Crippen LogP contribution in [0.3, 0.4) is 0 Å². The van der Waals surface area contributed by atoms with Gasteiger partial charge in [0.15, 0.2) is 0 Å². The van der Waals surface area contributed by atoms with Crippen molar-refractivity contribution in [3.8, 4) is 5.75 Å². The molecule has 0 saturated carbocycles. The lowest BCUT2D eigenvalue weighted by Crippen LogP contribution is -2.25. The Hall–Kier alpha value is -2.23. The Morgan fingerprint density at radius 1 is 1.24 bits per heavy atom. The number of hydrogen-bond acceptors (Lipinski definition) is 2. The van der Waals surface area contributed by atoms with E-state index in [9.17, 15) is 4.79 Å². The van der Waals surface area contributed by atoms with Crippen LogP contribution in [0.25, 0.3) is 0 Å². The van der Waals surface area contributed by atoms with Crippen LogP contribution < -0.4 is 10.1 Å². The van der Waals surface area contributed by atoms with E-state index < -0.39 is 0 Å². The number of carbonyl (C=O) groups excluding carboxylic acids is 1. The predicted octanol–water partition coefficient (Wildman–Crippen LogP) is 2.33. The van der Waals surface area contributed by atoms with Gasteiger partial charge >= 0.3 is 0 Å². The molecule has 0 radical (unpaired) electrons. The van der Waals surface area contributed by atoms with Crippen molar-refractivity contribution >= 4 is 5.91 Å². The number of aromatic nitrogens is 1. The van der Waals surface area contributed by atoms with Crippen molar-refractivity contribution in [2.45, 2.75) is 19.3 Å². The molecule has 4 nitrogen and oxygen atoms in total. The third-order valence-corrected chi connectivity index (χ3v) is 3.44. The van der Waals surface area contributed by atoms with Crippen LogP contribution in [-0.2, 0) is 24.7 Å². The first-order chi connectivity index (χ1) is 10.2. The molecule has 1 heterocycles. The molecule has 2 aromatic rings. The summed E-state index contributed by atoms with van der Waals surface area (Å²) >= 11 is 0. The third-order valence-electron chi connectivity index (χ3n) is 3.44. The average molecular weight is 286 g/mol. The van der Waals surface area contributed by atoms with Crippen molar-refractivity contribution in [2.24, 2.45) is 7.05 Å². The summed E-state index contributed by atoms with van der Waals surface area (Å²) in [6.45, 7) is 0.675.